The van der Waals surface area contributed by atoms with Gasteiger partial charge in [-0.05, 0) is 44.9 Å². The van der Waals surface area contributed by atoms with Gasteiger partial charge in [0.25, 0.3) is 0 Å². The van der Waals surface area contributed by atoms with Crippen LogP contribution in [0.15, 0.2) is 24.3 Å². The van der Waals surface area contributed by atoms with Gasteiger partial charge in [0, 0.05) is 16.5 Å². The second kappa shape index (κ2) is 6.58. The lowest BCUT2D eigenvalue weighted by Gasteiger charge is -2.21. The monoisotopic (exact) mass is 302 g/mol. The quantitative estimate of drug-likeness (QED) is 0.899. The number of thiazole rings is 1. The number of benzene rings is 1. The summed E-state index contributed by atoms with van der Waals surface area (Å²) in [5.74, 6) is 0.923. The van der Waals surface area contributed by atoms with Crippen LogP contribution >= 0.6 is 11.3 Å². The summed E-state index contributed by atoms with van der Waals surface area (Å²) in [7, 11) is 0. The van der Waals surface area contributed by atoms with Gasteiger partial charge in [-0.2, -0.15) is 0 Å². The first-order valence-electron chi connectivity index (χ1n) is 7.78. The molecule has 1 heterocycles. The molecular formula is C17H22N2OS. The summed E-state index contributed by atoms with van der Waals surface area (Å²) in [6, 6.07) is 8.75. The highest BCUT2D eigenvalue weighted by Crippen LogP contribution is 2.38. The van der Waals surface area contributed by atoms with Crippen LogP contribution in [0.25, 0.3) is 10.6 Å². The topological polar surface area (TPSA) is 34.2 Å². The molecule has 0 spiro atoms. The summed E-state index contributed by atoms with van der Waals surface area (Å²) < 4.78 is 5.59. The Hall–Kier alpha value is -1.39. The molecule has 21 heavy (non-hydrogen) atoms. The van der Waals surface area contributed by atoms with Crippen LogP contribution < -0.4 is 10.1 Å². The molecule has 0 fully saturated rings. The van der Waals surface area contributed by atoms with Crippen LogP contribution in [-0.2, 0) is 6.42 Å². The van der Waals surface area contributed by atoms with E-state index in [0.717, 1.165) is 29.3 Å². The summed E-state index contributed by atoms with van der Waals surface area (Å²) in [5.41, 5.74) is 2.45. The number of nitrogens with zero attached hydrogens (tertiary/aromatic N) is 1. The van der Waals surface area contributed by atoms with Gasteiger partial charge in [-0.15, -0.1) is 11.3 Å². The largest absolute Gasteiger partial charge is 0.494 e. The molecule has 1 aliphatic rings. The van der Waals surface area contributed by atoms with Gasteiger partial charge in [0.15, 0.2) is 0 Å². The third kappa shape index (κ3) is 3.11. The number of aryl methyl sites for hydroxylation is 1. The van der Waals surface area contributed by atoms with E-state index in [0.29, 0.717) is 12.6 Å². The van der Waals surface area contributed by atoms with Gasteiger partial charge in [0.05, 0.1) is 12.3 Å². The van der Waals surface area contributed by atoms with Gasteiger partial charge in [-0.1, -0.05) is 19.1 Å². The summed E-state index contributed by atoms with van der Waals surface area (Å²) in [6.45, 7) is 5.88. The van der Waals surface area contributed by atoms with Gasteiger partial charge < -0.3 is 10.1 Å². The maximum atomic E-state index is 5.59. The average molecular weight is 302 g/mol. The zero-order chi connectivity index (χ0) is 14.7. The molecule has 1 aromatic heterocycles. The SMILES string of the molecule is CCNC1CCCc2nc(-c3cccc(OCC)c3)sc21. The highest BCUT2D eigenvalue weighted by atomic mass is 32.1. The molecular weight excluding hydrogens is 280 g/mol. The van der Waals surface area contributed by atoms with E-state index in [1.165, 1.54) is 23.4 Å². The zero-order valence-electron chi connectivity index (χ0n) is 12.7. The van der Waals surface area contributed by atoms with Crippen molar-refractivity contribution in [1.82, 2.24) is 10.3 Å². The van der Waals surface area contributed by atoms with Crippen LogP contribution in [-0.4, -0.2) is 18.1 Å². The van der Waals surface area contributed by atoms with Crippen molar-refractivity contribution in [1.29, 1.82) is 0 Å². The van der Waals surface area contributed by atoms with E-state index in [9.17, 15) is 0 Å². The number of ether oxygens (including phenoxy) is 1. The van der Waals surface area contributed by atoms with E-state index in [2.05, 4.69) is 24.4 Å². The molecule has 4 heteroatoms. The molecule has 1 unspecified atom stereocenters. The zero-order valence-corrected chi connectivity index (χ0v) is 13.5. The van der Waals surface area contributed by atoms with E-state index in [-0.39, 0.29) is 0 Å². The predicted octanol–water partition coefficient (Wildman–Crippen LogP) is 4.20. The molecule has 0 bridgehead atoms. The first-order valence-corrected chi connectivity index (χ1v) is 8.59. The fraction of sp³-hybridized carbons (Fsp3) is 0.471. The van der Waals surface area contributed by atoms with E-state index in [4.69, 9.17) is 9.72 Å². The van der Waals surface area contributed by atoms with Gasteiger partial charge >= 0.3 is 0 Å². The lowest BCUT2D eigenvalue weighted by molar-refractivity contribution is 0.340. The molecule has 1 aliphatic carbocycles. The van der Waals surface area contributed by atoms with Crippen LogP contribution in [0.5, 0.6) is 5.75 Å². The van der Waals surface area contributed by atoms with E-state index in [1.807, 2.05) is 30.4 Å². The molecule has 0 amide bonds. The summed E-state index contributed by atoms with van der Waals surface area (Å²) in [5, 5.41) is 4.70. The maximum absolute atomic E-state index is 5.59. The smallest absolute Gasteiger partial charge is 0.124 e. The molecule has 1 atom stereocenters. The summed E-state index contributed by atoms with van der Waals surface area (Å²) in [4.78, 5) is 6.31. The minimum Gasteiger partial charge on any atom is -0.494 e. The van der Waals surface area contributed by atoms with Crippen molar-refractivity contribution in [2.24, 2.45) is 0 Å². The minimum atomic E-state index is 0.486. The Balaban J connectivity index is 1.91. The third-order valence-corrected chi connectivity index (χ3v) is 5.05. The first-order chi connectivity index (χ1) is 10.3. The van der Waals surface area contributed by atoms with Crippen LogP contribution in [0.4, 0.5) is 0 Å². The Kier molecular flexibility index (Phi) is 4.56. The first kappa shape index (κ1) is 14.5. The molecule has 2 aromatic rings. The highest BCUT2D eigenvalue weighted by Gasteiger charge is 2.24. The fourth-order valence-corrected chi connectivity index (χ4v) is 4.09. The Labute approximate surface area is 130 Å². The van der Waals surface area contributed by atoms with Gasteiger partial charge in [-0.25, -0.2) is 4.98 Å². The molecule has 1 N–H and O–H groups in total. The van der Waals surface area contributed by atoms with Crippen LogP contribution in [0.1, 0.15) is 43.3 Å². The van der Waals surface area contributed by atoms with Crippen LogP contribution in [0.3, 0.4) is 0 Å². The van der Waals surface area contributed by atoms with Gasteiger partial charge in [-0.3, -0.25) is 0 Å². The molecule has 0 saturated carbocycles. The highest BCUT2D eigenvalue weighted by molar-refractivity contribution is 7.15. The average Bonchev–Trinajstić information content (AvgIpc) is 2.93. The molecule has 1 aromatic carbocycles. The van der Waals surface area contributed by atoms with Crippen LogP contribution in [0.2, 0.25) is 0 Å². The predicted molar refractivity (Wildman–Crippen MR) is 88.1 cm³/mol. The molecule has 3 rings (SSSR count). The third-order valence-electron chi connectivity index (χ3n) is 3.79. The number of rotatable bonds is 5. The van der Waals surface area contributed by atoms with Crippen LogP contribution in [0, 0.1) is 0 Å². The van der Waals surface area contributed by atoms with Crippen molar-refractivity contribution in [2.45, 2.75) is 39.2 Å². The molecule has 112 valence electrons. The molecule has 0 saturated heterocycles. The summed E-state index contributed by atoms with van der Waals surface area (Å²) >= 11 is 1.83. The second-order valence-electron chi connectivity index (χ2n) is 5.29. The number of hydrogen-bond acceptors (Lipinski definition) is 4. The lowest BCUT2D eigenvalue weighted by Crippen LogP contribution is -2.23. The molecule has 3 nitrogen and oxygen atoms in total. The van der Waals surface area contributed by atoms with Crippen molar-refractivity contribution >= 4 is 11.3 Å². The van der Waals surface area contributed by atoms with Gasteiger partial charge in [0.2, 0.25) is 0 Å². The Morgan fingerprint density at radius 3 is 3.10 bits per heavy atom. The number of hydrogen-bond donors (Lipinski definition) is 1. The maximum Gasteiger partial charge on any atom is 0.124 e. The fourth-order valence-electron chi connectivity index (χ4n) is 2.87. The van der Waals surface area contributed by atoms with Crippen molar-refractivity contribution in [3.8, 4) is 16.3 Å². The van der Waals surface area contributed by atoms with E-state index in [1.54, 1.807) is 0 Å². The number of fused-ring (bicyclic) bond motifs is 1. The van der Waals surface area contributed by atoms with E-state index < -0.39 is 0 Å². The van der Waals surface area contributed by atoms with Crippen molar-refractivity contribution in [3.05, 3.63) is 34.8 Å². The molecule has 0 radical (unpaired) electrons. The minimum absolute atomic E-state index is 0.486. The Bertz CT molecular complexity index is 609. The van der Waals surface area contributed by atoms with Crippen molar-refractivity contribution < 1.29 is 4.74 Å². The lowest BCUT2D eigenvalue weighted by atomic mass is 9.98. The van der Waals surface area contributed by atoms with Crippen molar-refractivity contribution in [2.75, 3.05) is 13.2 Å². The van der Waals surface area contributed by atoms with Crippen molar-refractivity contribution in [3.63, 3.8) is 0 Å². The normalized spacial score (nSPS) is 17.5. The number of nitrogens with one attached hydrogen (secondary N) is 1. The summed E-state index contributed by atoms with van der Waals surface area (Å²) in [6.07, 6.45) is 3.56. The molecule has 0 aliphatic heterocycles. The Morgan fingerprint density at radius 1 is 1.38 bits per heavy atom. The standard InChI is InChI=1S/C17H22N2OS/c1-3-18-14-9-6-10-15-16(14)21-17(19-15)12-7-5-8-13(11-12)20-4-2/h5,7-8,11,14,18H,3-4,6,9-10H2,1-2H3. The Morgan fingerprint density at radius 2 is 2.29 bits per heavy atom. The number of aromatic nitrogens is 1. The second-order valence-corrected chi connectivity index (χ2v) is 6.32. The van der Waals surface area contributed by atoms with Gasteiger partial charge in [0.1, 0.15) is 10.8 Å². The van der Waals surface area contributed by atoms with E-state index >= 15 is 0 Å².